The molecule has 1 heterocycles. The number of aliphatic hydroxyl groups excluding tert-OH is 1. The van der Waals surface area contributed by atoms with Crippen LogP contribution in [0.2, 0.25) is 0 Å². The third-order valence-corrected chi connectivity index (χ3v) is 4.26. The number of carbonyl (C=O) groups is 1. The maximum Gasteiger partial charge on any atom is 0.308 e. The van der Waals surface area contributed by atoms with Crippen molar-refractivity contribution in [3.05, 3.63) is 34.3 Å². The first-order chi connectivity index (χ1) is 10.2. The number of likely N-dealkylation sites (tertiary alicyclic amines) is 1. The Morgan fingerprint density at radius 3 is 2.41 bits per heavy atom. The van der Waals surface area contributed by atoms with E-state index < -0.39 is 23.9 Å². The van der Waals surface area contributed by atoms with Gasteiger partial charge in [-0.25, -0.2) is 0 Å². The van der Waals surface area contributed by atoms with Gasteiger partial charge in [-0.05, 0) is 38.5 Å². The summed E-state index contributed by atoms with van der Waals surface area (Å²) in [5, 5.41) is 19.7. The van der Waals surface area contributed by atoms with Gasteiger partial charge in [0.25, 0.3) is 0 Å². The first kappa shape index (κ1) is 17.4. The number of hydrogen-bond donors (Lipinski definition) is 2. The van der Waals surface area contributed by atoms with Crippen LogP contribution in [0.15, 0.2) is 28.7 Å². The highest BCUT2D eigenvalue weighted by atomic mass is 79.9. The van der Waals surface area contributed by atoms with Gasteiger partial charge in [-0.3, -0.25) is 9.69 Å². The van der Waals surface area contributed by atoms with Crippen molar-refractivity contribution >= 4 is 21.9 Å². The summed E-state index contributed by atoms with van der Waals surface area (Å²) >= 11 is 3.38. The van der Waals surface area contributed by atoms with Crippen LogP contribution in [0.4, 0.5) is 0 Å². The summed E-state index contributed by atoms with van der Waals surface area (Å²) in [6, 6.07) is 7.65. The van der Waals surface area contributed by atoms with Crippen molar-refractivity contribution in [2.45, 2.75) is 38.7 Å². The third kappa shape index (κ3) is 4.29. The van der Waals surface area contributed by atoms with Crippen LogP contribution in [-0.2, 0) is 9.53 Å². The normalized spacial score (nSPS) is 24.4. The number of halogens is 1. The van der Waals surface area contributed by atoms with Crippen LogP contribution in [0.25, 0.3) is 0 Å². The van der Waals surface area contributed by atoms with Crippen LogP contribution in [0.1, 0.15) is 32.3 Å². The quantitative estimate of drug-likeness (QED) is 0.796. The number of nitrogens with zero attached hydrogens (tertiary/aromatic N) is 1. The second-order valence-corrected chi connectivity index (χ2v) is 7.53. The molecule has 1 aliphatic heterocycles. The van der Waals surface area contributed by atoms with Gasteiger partial charge < -0.3 is 14.9 Å². The Labute approximate surface area is 139 Å². The number of aliphatic hydroxyl groups is 1. The smallest absolute Gasteiger partial charge is 0.308 e. The second kappa shape index (κ2) is 6.66. The van der Waals surface area contributed by atoms with Crippen LogP contribution in [-0.4, -0.2) is 46.2 Å². The van der Waals surface area contributed by atoms with E-state index in [0.717, 1.165) is 10.0 Å². The topological polar surface area (TPSA) is 70.0 Å². The maximum absolute atomic E-state index is 11.5. The Balaban J connectivity index is 2.16. The van der Waals surface area contributed by atoms with Gasteiger partial charge in [-0.1, -0.05) is 28.1 Å². The Morgan fingerprint density at radius 1 is 1.32 bits per heavy atom. The van der Waals surface area contributed by atoms with Crippen molar-refractivity contribution in [2.75, 3.05) is 13.1 Å². The standard InChI is InChI=1S/C16H22BrNO4/c1-16(2,3)22-15(21)18-8-12(13(9-18)14(19)20)10-4-6-11(17)7-5-10/h4-7,12-13,15,21H,8-9H2,1-3H3,(H,19,20). The second-order valence-electron chi connectivity index (χ2n) is 6.61. The molecule has 3 unspecified atom stereocenters. The maximum atomic E-state index is 11.5. The molecule has 3 atom stereocenters. The largest absolute Gasteiger partial charge is 0.481 e. The molecule has 0 spiro atoms. The third-order valence-electron chi connectivity index (χ3n) is 3.73. The summed E-state index contributed by atoms with van der Waals surface area (Å²) in [4.78, 5) is 13.2. The molecule has 22 heavy (non-hydrogen) atoms. The molecule has 0 radical (unpaired) electrons. The molecule has 2 N–H and O–H groups in total. The SMILES string of the molecule is CC(C)(C)OC(O)N1CC(C(=O)O)C(c2ccc(Br)cc2)C1. The summed E-state index contributed by atoms with van der Waals surface area (Å²) in [7, 11) is 0. The molecule has 0 aliphatic carbocycles. The van der Waals surface area contributed by atoms with E-state index in [1.807, 2.05) is 45.0 Å². The van der Waals surface area contributed by atoms with Crippen LogP contribution in [0, 0.1) is 5.92 Å². The highest BCUT2D eigenvalue weighted by Gasteiger charge is 2.41. The van der Waals surface area contributed by atoms with Gasteiger partial charge in [0.2, 0.25) is 6.41 Å². The summed E-state index contributed by atoms with van der Waals surface area (Å²) in [6.45, 7) is 6.29. The van der Waals surface area contributed by atoms with E-state index in [9.17, 15) is 15.0 Å². The molecule has 0 amide bonds. The van der Waals surface area contributed by atoms with Gasteiger partial charge in [0.05, 0.1) is 11.5 Å². The number of benzene rings is 1. The average molecular weight is 372 g/mol. The van der Waals surface area contributed by atoms with Crippen LogP contribution in [0.3, 0.4) is 0 Å². The number of ether oxygens (including phenoxy) is 1. The predicted octanol–water partition coefficient (Wildman–Crippen LogP) is 2.64. The summed E-state index contributed by atoms with van der Waals surface area (Å²) < 4.78 is 6.49. The van der Waals surface area contributed by atoms with Gasteiger partial charge in [-0.2, -0.15) is 0 Å². The molecular formula is C16H22BrNO4. The zero-order chi connectivity index (χ0) is 16.5. The lowest BCUT2D eigenvalue weighted by Crippen LogP contribution is -2.41. The van der Waals surface area contributed by atoms with Gasteiger partial charge in [0.1, 0.15) is 0 Å². The van der Waals surface area contributed by atoms with Gasteiger partial charge in [0.15, 0.2) is 0 Å². The Morgan fingerprint density at radius 2 is 1.91 bits per heavy atom. The highest BCUT2D eigenvalue weighted by molar-refractivity contribution is 9.10. The van der Waals surface area contributed by atoms with Gasteiger partial charge in [-0.15, -0.1) is 0 Å². The molecule has 1 fully saturated rings. The number of carboxylic acid groups (broad SMARTS) is 1. The van der Waals surface area contributed by atoms with Crippen molar-refractivity contribution < 1.29 is 19.7 Å². The number of rotatable bonds is 4. The summed E-state index contributed by atoms with van der Waals surface area (Å²) in [5.41, 5.74) is 0.467. The van der Waals surface area contributed by atoms with Crippen molar-refractivity contribution in [1.29, 1.82) is 0 Å². The van der Waals surface area contributed by atoms with Crippen molar-refractivity contribution in [3.8, 4) is 0 Å². The molecule has 5 nitrogen and oxygen atoms in total. The molecule has 1 aliphatic rings. The van der Waals surface area contributed by atoms with Crippen LogP contribution >= 0.6 is 15.9 Å². The molecule has 2 rings (SSSR count). The fourth-order valence-electron chi connectivity index (χ4n) is 2.70. The first-order valence-corrected chi connectivity index (χ1v) is 8.05. The molecule has 122 valence electrons. The summed E-state index contributed by atoms with van der Waals surface area (Å²) in [5.74, 6) is -1.57. The molecule has 1 saturated heterocycles. The lowest BCUT2D eigenvalue weighted by atomic mass is 9.89. The predicted molar refractivity (Wildman–Crippen MR) is 86.4 cm³/mol. The molecular weight excluding hydrogens is 350 g/mol. The monoisotopic (exact) mass is 371 g/mol. The molecule has 1 aromatic carbocycles. The molecule has 0 bridgehead atoms. The van der Waals surface area contributed by atoms with Crippen LogP contribution in [0.5, 0.6) is 0 Å². The Kier molecular flexibility index (Phi) is 5.27. The number of aliphatic carboxylic acids is 1. The lowest BCUT2D eigenvalue weighted by molar-refractivity contribution is -0.234. The summed E-state index contributed by atoms with van der Waals surface area (Å²) in [6.07, 6.45) is -1.10. The Hall–Kier alpha value is -0.950. The van der Waals surface area contributed by atoms with Crippen molar-refractivity contribution in [1.82, 2.24) is 4.90 Å². The zero-order valence-corrected chi connectivity index (χ0v) is 14.6. The Bertz CT molecular complexity index is 526. The lowest BCUT2D eigenvalue weighted by Gasteiger charge is -2.29. The van der Waals surface area contributed by atoms with E-state index in [1.165, 1.54) is 0 Å². The minimum Gasteiger partial charge on any atom is -0.481 e. The fraction of sp³-hybridized carbons (Fsp3) is 0.562. The van der Waals surface area contributed by atoms with E-state index in [0.29, 0.717) is 6.54 Å². The molecule has 0 saturated carbocycles. The average Bonchev–Trinajstić information content (AvgIpc) is 2.83. The molecule has 0 aromatic heterocycles. The molecule has 6 heteroatoms. The van der Waals surface area contributed by atoms with E-state index in [-0.39, 0.29) is 12.5 Å². The number of hydrogen-bond acceptors (Lipinski definition) is 4. The minimum atomic E-state index is -1.10. The fourth-order valence-corrected chi connectivity index (χ4v) is 2.97. The van der Waals surface area contributed by atoms with Gasteiger partial charge >= 0.3 is 5.97 Å². The van der Waals surface area contributed by atoms with E-state index in [1.54, 1.807) is 4.90 Å². The van der Waals surface area contributed by atoms with Crippen molar-refractivity contribution in [2.24, 2.45) is 5.92 Å². The van der Waals surface area contributed by atoms with Gasteiger partial charge in [0, 0.05) is 23.5 Å². The highest BCUT2D eigenvalue weighted by Crippen LogP contribution is 2.34. The van der Waals surface area contributed by atoms with E-state index in [4.69, 9.17) is 4.74 Å². The minimum absolute atomic E-state index is 0.163. The zero-order valence-electron chi connectivity index (χ0n) is 13.0. The first-order valence-electron chi connectivity index (χ1n) is 7.25. The van der Waals surface area contributed by atoms with Crippen LogP contribution < -0.4 is 0 Å². The van der Waals surface area contributed by atoms with E-state index >= 15 is 0 Å². The molecule has 1 aromatic rings. The number of carboxylic acids is 1. The van der Waals surface area contributed by atoms with E-state index in [2.05, 4.69) is 15.9 Å². The van der Waals surface area contributed by atoms with Crippen molar-refractivity contribution in [3.63, 3.8) is 0 Å².